The molecule has 1 atom stereocenters. The van der Waals surface area contributed by atoms with Gasteiger partial charge in [0.25, 0.3) is 0 Å². The predicted octanol–water partition coefficient (Wildman–Crippen LogP) is 7.05. The minimum Gasteiger partial charge on any atom is -0.497 e. The van der Waals surface area contributed by atoms with E-state index in [1.54, 1.807) is 11.6 Å². The average molecular weight is 638 g/mol. The van der Waals surface area contributed by atoms with E-state index < -0.39 is 8.07 Å². The Hall–Kier alpha value is -4.48. The zero-order chi connectivity index (χ0) is 32.4. The highest BCUT2D eigenvalue weighted by Gasteiger charge is 2.40. The number of rotatable bonds is 12. The SMILES string of the molecule is COc1ccc(CN2CC(C(C)C)N(c3ccn4ncc(-c5ccc(-c6nccn6COCC[Si](C)(C)C)cc5)c4n3)C2=O)cc1. The molecule has 0 bridgehead atoms. The van der Waals surface area contributed by atoms with Gasteiger partial charge < -0.3 is 18.9 Å². The molecular formula is C35H43N7O3Si. The number of urea groups is 1. The molecule has 5 aromatic rings. The summed E-state index contributed by atoms with van der Waals surface area (Å²) in [6.07, 6.45) is 7.47. The van der Waals surface area contributed by atoms with Crippen LogP contribution in [0.2, 0.25) is 25.7 Å². The van der Waals surface area contributed by atoms with Crippen LogP contribution in [0.25, 0.3) is 28.2 Å². The lowest BCUT2D eigenvalue weighted by molar-refractivity contribution is 0.0883. The van der Waals surface area contributed by atoms with Crippen molar-refractivity contribution in [1.82, 2.24) is 29.0 Å². The summed E-state index contributed by atoms with van der Waals surface area (Å²) in [7, 11) is 0.512. The largest absolute Gasteiger partial charge is 0.497 e. The van der Waals surface area contributed by atoms with Gasteiger partial charge in [-0.3, -0.25) is 4.90 Å². The van der Waals surface area contributed by atoms with Gasteiger partial charge in [-0.25, -0.2) is 19.3 Å². The molecule has 2 aromatic carbocycles. The topological polar surface area (TPSA) is 90.0 Å². The highest BCUT2D eigenvalue weighted by Crippen LogP contribution is 2.32. The number of fused-ring (bicyclic) bond motifs is 1. The number of methoxy groups -OCH3 is 1. The first kappa shape index (κ1) is 31.5. The van der Waals surface area contributed by atoms with E-state index in [1.807, 2.05) is 69.5 Å². The Balaban J connectivity index is 1.22. The lowest BCUT2D eigenvalue weighted by atomic mass is 10.0. The maximum absolute atomic E-state index is 13.8. The Kier molecular flexibility index (Phi) is 8.96. The summed E-state index contributed by atoms with van der Waals surface area (Å²) in [5.41, 5.74) is 4.65. The van der Waals surface area contributed by atoms with Crippen LogP contribution in [0.4, 0.5) is 10.6 Å². The first-order chi connectivity index (χ1) is 22.1. The summed E-state index contributed by atoms with van der Waals surface area (Å²) < 4.78 is 15.1. The molecule has 240 valence electrons. The zero-order valence-electron chi connectivity index (χ0n) is 27.6. The van der Waals surface area contributed by atoms with Crippen molar-refractivity contribution in [2.45, 2.75) is 58.9 Å². The Bertz CT molecular complexity index is 1790. The molecule has 0 radical (unpaired) electrons. The Morgan fingerprint density at radius 3 is 2.41 bits per heavy atom. The van der Waals surface area contributed by atoms with Crippen LogP contribution in [0, 0.1) is 5.92 Å². The van der Waals surface area contributed by atoms with Gasteiger partial charge in [0, 0.05) is 57.5 Å². The van der Waals surface area contributed by atoms with Crippen LogP contribution < -0.4 is 9.64 Å². The number of ether oxygens (including phenoxy) is 2. The molecule has 1 unspecified atom stereocenters. The average Bonchev–Trinajstić information content (AvgIpc) is 3.76. The number of hydrogen-bond donors (Lipinski definition) is 0. The fourth-order valence-corrected chi connectivity index (χ4v) is 6.51. The smallest absolute Gasteiger partial charge is 0.326 e. The maximum atomic E-state index is 13.8. The van der Waals surface area contributed by atoms with E-state index in [4.69, 9.17) is 14.5 Å². The fraction of sp³-hybridized carbons (Fsp3) is 0.371. The van der Waals surface area contributed by atoms with Crippen LogP contribution in [0.1, 0.15) is 19.4 Å². The molecule has 10 nitrogen and oxygen atoms in total. The molecule has 4 heterocycles. The van der Waals surface area contributed by atoms with E-state index in [9.17, 15) is 4.79 Å². The lowest BCUT2D eigenvalue weighted by Gasteiger charge is -2.25. The molecule has 0 aliphatic carbocycles. The molecular weight excluding hydrogens is 595 g/mol. The number of carbonyl (C=O) groups is 1. The van der Waals surface area contributed by atoms with Crippen LogP contribution in [0.15, 0.2) is 79.4 Å². The molecule has 3 aromatic heterocycles. The third-order valence-electron chi connectivity index (χ3n) is 8.52. The standard InChI is InChI=1S/C35H43N7O3Si/c1-25(2)31-23-40(22-26-7-13-29(44-3)14-8-26)35(43)42(31)32-15-17-41-34(38-32)30(21-37-41)27-9-11-28(12-10-27)33-36-16-18-39(33)24-45-19-20-46(4,5)6/h7-18,21,25,31H,19-20,22-24H2,1-6H3. The highest BCUT2D eigenvalue weighted by atomic mass is 28.3. The summed E-state index contributed by atoms with van der Waals surface area (Å²) >= 11 is 0. The van der Waals surface area contributed by atoms with Crippen molar-refractivity contribution in [2.24, 2.45) is 5.92 Å². The van der Waals surface area contributed by atoms with Gasteiger partial charge in [0.2, 0.25) is 0 Å². The molecule has 1 fully saturated rings. The molecule has 6 rings (SSSR count). The summed E-state index contributed by atoms with van der Waals surface area (Å²) in [4.78, 5) is 27.2. The second kappa shape index (κ2) is 13.1. The highest BCUT2D eigenvalue weighted by molar-refractivity contribution is 6.76. The number of nitrogens with zero attached hydrogens (tertiary/aromatic N) is 7. The Morgan fingerprint density at radius 1 is 0.978 bits per heavy atom. The van der Waals surface area contributed by atoms with Gasteiger partial charge in [0.1, 0.15) is 24.1 Å². The number of benzene rings is 2. The Labute approximate surface area is 271 Å². The molecule has 11 heteroatoms. The predicted molar refractivity (Wildman–Crippen MR) is 184 cm³/mol. The van der Waals surface area contributed by atoms with E-state index in [-0.39, 0.29) is 18.0 Å². The molecule has 1 aliphatic rings. The van der Waals surface area contributed by atoms with Gasteiger partial charge >= 0.3 is 6.03 Å². The summed E-state index contributed by atoms with van der Waals surface area (Å²) in [6.45, 7) is 13.8. The minimum atomic E-state index is -1.14. The van der Waals surface area contributed by atoms with Gasteiger partial charge in [0.15, 0.2) is 5.65 Å². The van der Waals surface area contributed by atoms with Gasteiger partial charge in [-0.2, -0.15) is 5.10 Å². The van der Waals surface area contributed by atoms with Gasteiger partial charge in [-0.15, -0.1) is 0 Å². The number of aromatic nitrogens is 5. The zero-order valence-corrected chi connectivity index (χ0v) is 28.6. The van der Waals surface area contributed by atoms with E-state index in [0.717, 1.165) is 46.5 Å². The molecule has 1 saturated heterocycles. The van der Waals surface area contributed by atoms with Gasteiger partial charge in [-0.05, 0) is 41.3 Å². The first-order valence-electron chi connectivity index (χ1n) is 15.9. The second-order valence-electron chi connectivity index (χ2n) is 13.5. The number of hydrogen-bond acceptors (Lipinski definition) is 6. The number of imidazole rings is 1. The monoisotopic (exact) mass is 637 g/mol. The molecule has 2 amide bonds. The summed E-state index contributed by atoms with van der Waals surface area (Å²) in [5.74, 6) is 2.54. The van der Waals surface area contributed by atoms with E-state index in [0.29, 0.717) is 31.3 Å². The number of anilines is 1. The maximum Gasteiger partial charge on any atom is 0.326 e. The van der Waals surface area contributed by atoms with Crippen molar-refractivity contribution in [3.8, 4) is 28.3 Å². The molecule has 0 N–H and O–H groups in total. The molecule has 0 spiro atoms. The first-order valence-corrected chi connectivity index (χ1v) is 19.6. The van der Waals surface area contributed by atoms with Crippen molar-refractivity contribution in [3.63, 3.8) is 0 Å². The number of amides is 2. The molecule has 0 saturated carbocycles. The lowest BCUT2D eigenvalue weighted by Crippen LogP contribution is -2.38. The molecule has 46 heavy (non-hydrogen) atoms. The van der Waals surface area contributed by atoms with E-state index in [1.165, 1.54) is 0 Å². The quantitative estimate of drug-likeness (QED) is 0.108. The van der Waals surface area contributed by atoms with Crippen molar-refractivity contribution in [2.75, 3.05) is 25.2 Å². The normalized spacial score (nSPS) is 15.5. The fourth-order valence-electron chi connectivity index (χ4n) is 5.75. The van der Waals surface area contributed by atoms with Crippen LogP contribution in [-0.4, -0.2) is 69.5 Å². The van der Waals surface area contributed by atoms with Crippen molar-refractivity contribution in [1.29, 1.82) is 0 Å². The van der Waals surface area contributed by atoms with Gasteiger partial charge in [-0.1, -0.05) is 69.9 Å². The van der Waals surface area contributed by atoms with Crippen molar-refractivity contribution < 1.29 is 14.3 Å². The van der Waals surface area contributed by atoms with Gasteiger partial charge in [0.05, 0.1) is 19.3 Å². The second-order valence-corrected chi connectivity index (χ2v) is 19.1. The minimum absolute atomic E-state index is 0.00499. The summed E-state index contributed by atoms with van der Waals surface area (Å²) in [5, 5.41) is 4.57. The third kappa shape index (κ3) is 6.70. The van der Waals surface area contributed by atoms with E-state index >= 15 is 0 Å². The summed E-state index contributed by atoms with van der Waals surface area (Å²) in [6, 6.07) is 19.1. The molecule has 1 aliphatic heterocycles. The van der Waals surface area contributed by atoms with Crippen LogP contribution in [0.5, 0.6) is 5.75 Å². The Morgan fingerprint density at radius 2 is 1.72 bits per heavy atom. The van der Waals surface area contributed by atoms with E-state index in [2.05, 4.69) is 67.8 Å². The number of carbonyl (C=O) groups excluding carboxylic acids is 1. The van der Waals surface area contributed by atoms with Crippen LogP contribution in [-0.2, 0) is 18.0 Å². The van der Waals surface area contributed by atoms with Crippen molar-refractivity contribution >= 4 is 25.6 Å². The third-order valence-corrected chi connectivity index (χ3v) is 10.2. The van der Waals surface area contributed by atoms with Crippen LogP contribution in [0.3, 0.4) is 0 Å². The van der Waals surface area contributed by atoms with Crippen molar-refractivity contribution in [3.05, 3.63) is 84.9 Å². The van der Waals surface area contributed by atoms with Crippen LogP contribution >= 0.6 is 0 Å².